The molecule has 0 radical (unpaired) electrons. The molecule has 1 amide bonds. The second kappa shape index (κ2) is 6.32. The van der Waals surface area contributed by atoms with E-state index in [0.717, 1.165) is 24.5 Å². The fraction of sp³-hybridized carbons (Fsp3) is 0.312. The van der Waals surface area contributed by atoms with E-state index in [9.17, 15) is 4.79 Å². The highest BCUT2D eigenvalue weighted by Gasteiger charge is 2.16. The number of benzene rings is 1. The highest BCUT2D eigenvalue weighted by Crippen LogP contribution is 2.23. The lowest BCUT2D eigenvalue weighted by Gasteiger charge is -2.15. The van der Waals surface area contributed by atoms with E-state index >= 15 is 0 Å². The third-order valence-electron chi connectivity index (χ3n) is 3.83. The Balaban J connectivity index is 1.73. The van der Waals surface area contributed by atoms with Crippen LogP contribution in [-0.2, 0) is 0 Å². The molecule has 2 heterocycles. The number of aromatic nitrogens is 2. The molecule has 1 aromatic heterocycles. The molecule has 0 aliphatic carbocycles. The van der Waals surface area contributed by atoms with Gasteiger partial charge in [0.05, 0.1) is 0 Å². The van der Waals surface area contributed by atoms with E-state index in [4.69, 9.17) is 11.6 Å². The van der Waals surface area contributed by atoms with Crippen molar-refractivity contribution in [3.8, 4) is 0 Å². The summed E-state index contributed by atoms with van der Waals surface area (Å²) in [5, 5.41) is 11.6. The van der Waals surface area contributed by atoms with Crippen LogP contribution < -0.4 is 10.2 Å². The predicted molar refractivity (Wildman–Crippen MR) is 87.6 cm³/mol. The van der Waals surface area contributed by atoms with Crippen LogP contribution >= 0.6 is 11.6 Å². The van der Waals surface area contributed by atoms with Crippen molar-refractivity contribution in [3.63, 3.8) is 0 Å². The van der Waals surface area contributed by atoms with Crippen LogP contribution in [0.4, 0.5) is 11.5 Å². The molecule has 1 aromatic carbocycles. The van der Waals surface area contributed by atoms with Crippen molar-refractivity contribution in [2.45, 2.75) is 19.8 Å². The van der Waals surface area contributed by atoms with Gasteiger partial charge in [-0.25, -0.2) is 0 Å². The molecule has 0 saturated carbocycles. The van der Waals surface area contributed by atoms with Gasteiger partial charge in [0.25, 0.3) is 5.91 Å². The molecule has 114 valence electrons. The van der Waals surface area contributed by atoms with Gasteiger partial charge in [0.1, 0.15) is 0 Å². The van der Waals surface area contributed by atoms with Gasteiger partial charge in [0.15, 0.2) is 11.5 Å². The van der Waals surface area contributed by atoms with Gasteiger partial charge in [-0.15, -0.1) is 10.2 Å². The van der Waals surface area contributed by atoms with Crippen molar-refractivity contribution >= 4 is 29.0 Å². The number of amides is 1. The summed E-state index contributed by atoms with van der Waals surface area (Å²) < 4.78 is 0. The van der Waals surface area contributed by atoms with Gasteiger partial charge in [0.2, 0.25) is 0 Å². The van der Waals surface area contributed by atoms with E-state index in [1.54, 1.807) is 18.2 Å². The Kier molecular flexibility index (Phi) is 4.24. The molecule has 3 rings (SSSR count). The number of nitrogens with zero attached hydrogens (tertiary/aromatic N) is 3. The Morgan fingerprint density at radius 2 is 1.95 bits per heavy atom. The van der Waals surface area contributed by atoms with Crippen LogP contribution in [-0.4, -0.2) is 29.2 Å². The van der Waals surface area contributed by atoms with E-state index in [2.05, 4.69) is 20.4 Å². The van der Waals surface area contributed by atoms with Crippen molar-refractivity contribution in [2.75, 3.05) is 23.3 Å². The Bertz CT molecular complexity index is 681. The van der Waals surface area contributed by atoms with Crippen molar-refractivity contribution in [1.29, 1.82) is 0 Å². The monoisotopic (exact) mass is 316 g/mol. The molecule has 6 heteroatoms. The van der Waals surface area contributed by atoms with E-state index in [1.807, 2.05) is 19.1 Å². The second-order valence-electron chi connectivity index (χ2n) is 5.34. The maximum Gasteiger partial charge on any atom is 0.276 e. The summed E-state index contributed by atoms with van der Waals surface area (Å²) in [4.78, 5) is 14.4. The number of hydrogen-bond acceptors (Lipinski definition) is 4. The zero-order valence-corrected chi connectivity index (χ0v) is 13.1. The number of anilines is 2. The molecule has 5 nitrogen and oxygen atoms in total. The third-order valence-corrected chi connectivity index (χ3v) is 4.24. The first kappa shape index (κ1) is 14.8. The Morgan fingerprint density at radius 3 is 2.64 bits per heavy atom. The van der Waals surface area contributed by atoms with Gasteiger partial charge in [-0.1, -0.05) is 17.7 Å². The molecule has 1 aliphatic rings. The standard InChI is InChI=1S/C16H17ClN4O/c1-11-12(17)5-4-6-13(11)18-16(22)14-7-8-15(20-19-14)21-9-2-3-10-21/h4-8H,2-3,9-10H2,1H3,(H,18,22). The summed E-state index contributed by atoms with van der Waals surface area (Å²) in [5.74, 6) is 0.541. The SMILES string of the molecule is Cc1c(Cl)cccc1NC(=O)c1ccc(N2CCCC2)nn1. The number of rotatable bonds is 3. The first-order valence-corrected chi connectivity index (χ1v) is 7.68. The Labute approximate surface area is 134 Å². The highest BCUT2D eigenvalue weighted by atomic mass is 35.5. The maximum absolute atomic E-state index is 12.2. The Hall–Kier alpha value is -2.14. The molecular formula is C16H17ClN4O. The largest absolute Gasteiger partial charge is 0.355 e. The molecule has 1 saturated heterocycles. The van der Waals surface area contributed by atoms with Crippen LogP contribution in [0.25, 0.3) is 0 Å². The zero-order chi connectivity index (χ0) is 15.5. The van der Waals surface area contributed by atoms with Crippen molar-refractivity contribution in [3.05, 3.63) is 46.6 Å². The lowest BCUT2D eigenvalue weighted by atomic mass is 10.2. The van der Waals surface area contributed by atoms with Gasteiger partial charge in [-0.05, 0) is 49.6 Å². The van der Waals surface area contributed by atoms with Crippen molar-refractivity contribution in [1.82, 2.24) is 10.2 Å². The Morgan fingerprint density at radius 1 is 1.18 bits per heavy atom. The molecule has 1 N–H and O–H groups in total. The molecule has 1 aliphatic heterocycles. The van der Waals surface area contributed by atoms with E-state index in [1.165, 1.54) is 12.8 Å². The average Bonchev–Trinajstić information content (AvgIpc) is 3.06. The van der Waals surface area contributed by atoms with E-state index in [-0.39, 0.29) is 5.91 Å². The summed E-state index contributed by atoms with van der Waals surface area (Å²) >= 11 is 6.05. The molecule has 0 bridgehead atoms. The summed E-state index contributed by atoms with van der Waals surface area (Å²) in [6.45, 7) is 3.87. The smallest absolute Gasteiger partial charge is 0.276 e. The quantitative estimate of drug-likeness (QED) is 0.944. The molecule has 0 spiro atoms. The minimum Gasteiger partial charge on any atom is -0.355 e. The van der Waals surface area contributed by atoms with Gasteiger partial charge < -0.3 is 10.2 Å². The average molecular weight is 317 g/mol. The lowest BCUT2D eigenvalue weighted by Crippen LogP contribution is -2.21. The first-order valence-electron chi connectivity index (χ1n) is 7.30. The maximum atomic E-state index is 12.2. The van der Waals surface area contributed by atoms with E-state index < -0.39 is 0 Å². The van der Waals surface area contributed by atoms with Crippen LogP contribution in [0, 0.1) is 6.92 Å². The minimum absolute atomic E-state index is 0.286. The summed E-state index contributed by atoms with van der Waals surface area (Å²) in [6.07, 6.45) is 2.36. The summed E-state index contributed by atoms with van der Waals surface area (Å²) in [7, 11) is 0. The van der Waals surface area contributed by atoms with Gasteiger partial charge in [0, 0.05) is 23.8 Å². The number of carbonyl (C=O) groups is 1. The minimum atomic E-state index is -0.286. The predicted octanol–water partition coefficient (Wildman–Crippen LogP) is 3.29. The summed E-state index contributed by atoms with van der Waals surface area (Å²) in [6, 6.07) is 8.95. The number of halogens is 1. The molecule has 2 aromatic rings. The lowest BCUT2D eigenvalue weighted by molar-refractivity contribution is 0.102. The zero-order valence-electron chi connectivity index (χ0n) is 12.3. The molecular weight excluding hydrogens is 300 g/mol. The highest BCUT2D eigenvalue weighted by molar-refractivity contribution is 6.31. The van der Waals surface area contributed by atoms with Crippen LogP contribution in [0.3, 0.4) is 0 Å². The molecule has 0 atom stereocenters. The normalized spacial score (nSPS) is 14.2. The van der Waals surface area contributed by atoms with Crippen LogP contribution in [0.1, 0.15) is 28.9 Å². The first-order chi connectivity index (χ1) is 10.6. The third kappa shape index (κ3) is 3.04. The van der Waals surface area contributed by atoms with Crippen molar-refractivity contribution < 1.29 is 4.79 Å². The molecule has 1 fully saturated rings. The molecule has 22 heavy (non-hydrogen) atoms. The van der Waals surface area contributed by atoms with Crippen LogP contribution in [0.15, 0.2) is 30.3 Å². The van der Waals surface area contributed by atoms with Crippen LogP contribution in [0.2, 0.25) is 5.02 Å². The number of carbonyl (C=O) groups excluding carboxylic acids is 1. The topological polar surface area (TPSA) is 58.1 Å². The fourth-order valence-corrected chi connectivity index (χ4v) is 2.66. The van der Waals surface area contributed by atoms with Crippen LogP contribution in [0.5, 0.6) is 0 Å². The van der Waals surface area contributed by atoms with E-state index in [0.29, 0.717) is 16.4 Å². The van der Waals surface area contributed by atoms with Crippen molar-refractivity contribution in [2.24, 2.45) is 0 Å². The fourth-order valence-electron chi connectivity index (χ4n) is 2.49. The number of hydrogen-bond donors (Lipinski definition) is 1. The second-order valence-corrected chi connectivity index (χ2v) is 5.74. The molecule has 0 unspecified atom stereocenters. The number of nitrogens with one attached hydrogen (secondary N) is 1. The van der Waals surface area contributed by atoms with Gasteiger partial charge in [-0.3, -0.25) is 4.79 Å². The van der Waals surface area contributed by atoms with Gasteiger partial charge >= 0.3 is 0 Å². The summed E-state index contributed by atoms with van der Waals surface area (Å²) in [5.41, 5.74) is 1.81. The van der Waals surface area contributed by atoms with Gasteiger partial charge in [-0.2, -0.15) is 0 Å².